The summed E-state index contributed by atoms with van der Waals surface area (Å²) in [5, 5.41) is 3.69. The molecule has 1 aliphatic heterocycles. The summed E-state index contributed by atoms with van der Waals surface area (Å²) in [6.45, 7) is 3.75. The van der Waals surface area contributed by atoms with Gasteiger partial charge in [0.25, 0.3) is 5.91 Å². The minimum absolute atomic E-state index is 0.214. The van der Waals surface area contributed by atoms with Crippen LogP contribution in [0.1, 0.15) is 46.5 Å². The Kier molecular flexibility index (Phi) is 4.86. The number of aromatic nitrogens is 1. The molecule has 0 bridgehead atoms. The standard InChI is InChI=1S/C12H17N3O3S/c1-2-18-12(17)11-13-9(8-19-11)10(16)14-15-6-4-3-5-7-15/h8H,2-7H2,1H3,(H,14,16). The summed E-state index contributed by atoms with van der Waals surface area (Å²) in [5.74, 6) is -0.752. The average Bonchev–Trinajstić information content (AvgIpc) is 2.90. The van der Waals surface area contributed by atoms with Crippen molar-refractivity contribution in [2.24, 2.45) is 0 Å². The lowest BCUT2D eigenvalue weighted by atomic mass is 10.2. The molecule has 0 saturated carbocycles. The normalized spacial score (nSPS) is 16.1. The fourth-order valence-corrected chi connectivity index (χ4v) is 2.56. The molecule has 0 unspecified atom stereocenters. The molecule has 2 heterocycles. The molecule has 104 valence electrons. The van der Waals surface area contributed by atoms with Crippen molar-refractivity contribution in [2.45, 2.75) is 26.2 Å². The molecule has 1 aromatic heterocycles. The van der Waals surface area contributed by atoms with Gasteiger partial charge in [0.15, 0.2) is 0 Å². The van der Waals surface area contributed by atoms with Gasteiger partial charge in [0.2, 0.25) is 5.01 Å². The lowest BCUT2D eigenvalue weighted by molar-refractivity contribution is 0.0526. The Morgan fingerprint density at radius 1 is 1.42 bits per heavy atom. The number of thiazole rings is 1. The van der Waals surface area contributed by atoms with Crippen LogP contribution in [-0.2, 0) is 4.74 Å². The van der Waals surface area contributed by atoms with Crippen molar-refractivity contribution in [3.63, 3.8) is 0 Å². The van der Waals surface area contributed by atoms with Gasteiger partial charge in [-0.3, -0.25) is 10.2 Å². The van der Waals surface area contributed by atoms with E-state index in [4.69, 9.17) is 4.74 Å². The second kappa shape index (κ2) is 6.63. The lowest BCUT2D eigenvalue weighted by Crippen LogP contribution is -2.45. The van der Waals surface area contributed by atoms with Gasteiger partial charge in [0, 0.05) is 18.5 Å². The van der Waals surface area contributed by atoms with Crippen LogP contribution < -0.4 is 5.43 Å². The first kappa shape index (κ1) is 14.0. The van der Waals surface area contributed by atoms with Gasteiger partial charge in [-0.15, -0.1) is 11.3 Å². The molecule has 0 aromatic carbocycles. The first-order valence-corrected chi connectivity index (χ1v) is 7.27. The first-order chi connectivity index (χ1) is 9.20. The molecule has 7 heteroatoms. The molecular weight excluding hydrogens is 266 g/mol. The number of hydrogen-bond acceptors (Lipinski definition) is 6. The molecule has 1 aliphatic rings. The van der Waals surface area contributed by atoms with Crippen LogP contribution in [0, 0.1) is 0 Å². The molecule has 6 nitrogen and oxygen atoms in total. The van der Waals surface area contributed by atoms with Gasteiger partial charge in [-0.2, -0.15) is 0 Å². The number of carbonyl (C=O) groups is 2. The van der Waals surface area contributed by atoms with E-state index < -0.39 is 5.97 Å². The number of carbonyl (C=O) groups excluding carboxylic acids is 2. The van der Waals surface area contributed by atoms with Crippen molar-refractivity contribution in [2.75, 3.05) is 19.7 Å². The summed E-state index contributed by atoms with van der Waals surface area (Å²) in [4.78, 5) is 27.4. The number of amides is 1. The van der Waals surface area contributed by atoms with E-state index in [1.165, 1.54) is 6.42 Å². The van der Waals surface area contributed by atoms with E-state index in [0.717, 1.165) is 37.3 Å². The summed E-state index contributed by atoms with van der Waals surface area (Å²) in [6, 6.07) is 0. The van der Waals surface area contributed by atoms with Crippen LogP contribution in [0.3, 0.4) is 0 Å². The van der Waals surface area contributed by atoms with Gasteiger partial charge >= 0.3 is 5.97 Å². The van der Waals surface area contributed by atoms with E-state index in [2.05, 4.69) is 10.4 Å². The number of esters is 1. The van der Waals surface area contributed by atoms with Crippen molar-refractivity contribution >= 4 is 23.2 Å². The molecule has 1 N–H and O–H groups in total. The number of nitrogens with one attached hydrogen (secondary N) is 1. The van der Waals surface area contributed by atoms with Crippen molar-refractivity contribution < 1.29 is 14.3 Å². The minimum Gasteiger partial charge on any atom is -0.461 e. The minimum atomic E-state index is -0.482. The van der Waals surface area contributed by atoms with E-state index in [1.807, 2.05) is 5.01 Å². The summed E-state index contributed by atoms with van der Waals surface area (Å²) in [6.07, 6.45) is 3.38. The van der Waals surface area contributed by atoms with Crippen LogP contribution in [0.4, 0.5) is 0 Å². The number of nitrogens with zero attached hydrogens (tertiary/aromatic N) is 2. The van der Waals surface area contributed by atoms with Gasteiger partial charge < -0.3 is 4.74 Å². The molecule has 1 saturated heterocycles. The molecule has 0 aliphatic carbocycles. The molecular formula is C12H17N3O3S. The van der Waals surface area contributed by atoms with E-state index in [0.29, 0.717) is 6.61 Å². The Balaban J connectivity index is 1.93. The van der Waals surface area contributed by atoms with Gasteiger partial charge in [-0.25, -0.2) is 14.8 Å². The Morgan fingerprint density at radius 3 is 2.84 bits per heavy atom. The fraction of sp³-hybridized carbons (Fsp3) is 0.583. The number of hydrazine groups is 1. The highest BCUT2D eigenvalue weighted by atomic mass is 32.1. The van der Waals surface area contributed by atoms with Crippen molar-refractivity contribution in [3.8, 4) is 0 Å². The topological polar surface area (TPSA) is 71.5 Å². The average molecular weight is 283 g/mol. The highest BCUT2D eigenvalue weighted by molar-refractivity contribution is 7.11. The summed E-state index contributed by atoms with van der Waals surface area (Å²) in [5.41, 5.74) is 3.07. The van der Waals surface area contributed by atoms with E-state index >= 15 is 0 Å². The highest BCUT2D eigenvalue weighted by Crippen LogP contribution is 2.12. The second-order valence-corrected chi connectivity index (χ2v) is 5.11. The number of piperidine rings is 1. The zero-order valence-corrected chi connectivity index (χ0v) is 11.7. The third-order valence-electron chi connectivity index (χ3n) is 2.80. The molecule has 19 heavy (non-hydrogen) atoms. The van der Waals surface area contributed by atoms with Crippen LogP contribution in [-0.4, -0.2) is 41.6 Å². The maximum atomic E-state index is 11.9. The first-order valence-electron chi connectivity index (χ1n) is 6.39. The zero-order chi connectivity index (χ0) is 13.7. The quantitative estimate of drug-likeness (QED) is 0.847. The predicted octanol–water partition coefficient (Wildman–Crippen LogP) is 1.45. The SMILES string of the molecule is CCOC(=O)c1nc(C(=O)NN2CCCCC2)cs1. The molecule has 1 fully saturated rings. The number of hydrogen-bond donors (Lipinski definition) is 1. The molecule has 1 amide bonds. The number of ether oxygens (including phenoxy) is 1. The van der Waals surface area contributed by atoms with Crippen molar-refractivity contribution in [1.82, 2.24) is 15.4 Å². The van der Waals surface area contributed by atoms with Gasteiger partial charge in [0.05, 0.1) is 6.61 Å². The van der Waals surface area contributed by atoms with Crippen LogP contribution >= 0.6 is 11.3 Å². The Bertz CT molecular complexity index is 455. The van der Waals surface area contributed by atoms with Crippen LogP contribution in [0.2, 0.25) is 0 Å². The molecule has 0 radical (unpaired) electrons. The van der Waals surface area contributed by atoms with E-state index in [1.54, 1.807) is 12.3 Å². The molecule has 2 rings (SSSR count). The molecule has 1 aromatic rings. The smallest absolute Gasteiger partial charge is 0.367 e. The number of rotatable bonds is 4. The monoisotopic (exact) mass is 283 g/mol. The van der Waals surface area contributed by atoms with E-state index in [9.17, 15) is 9.59 Å². The largest absolute Gasteiger partial charge is 0.461 e. The maximum Gasteiger partial charge on any atom is 0.367 e. The third-order valence-corrected chi connectivity index (χ3v) is 3.62. The van der Waals surface area contributed by atoms with Gasteiger partial charge in [0.1, 0.15) is 5.69 Å². The Labute approximate surface area is 115 Å². The van der Waals surface area contributed by atoms with Crippen LogP contribution in [0.15, 0.2) is 5.38 Å². The second-order valence-electron chi connectivity index (χ2n) is 4.25. The van der Waals surface area contributed by atoms with Crippen LogP contribution in [0.5, 0.6) is 0 Å². The predicted molar refractivity (Wildman–Crippen MR) is 71.0 cm³/mol. The van der Waals surface area contributed by atoms with Gasteiger partial charge in [-0.05, 0) is 19.8 Å². The molecule has 0 spiro atoms. The highest BCUT2D eigenvalue weighted by Gasteiger charge is 2.19. The fourth-order valence-electron chi connectivity index (χ4n) is 1.87. The third kappa shape index (κ3) is 3.74. The lowest BCUT2D eigenvalue weighted by Gasteiger charge is -2.26. The Hall–Kier alpha value is -1.47. The van der Waals surface area contributed by atoms with Crippen molar-refractivity contribution in [3.05, 3.63) is 16.1 Å². The zero-order valence-electron chi connectivity index (χ0n) is 10.8. The van der Waals surface area contributed by atoms with E-state index in [-0.39, 0.29) is 16.6 Å². The Morgan fingerprint density at radius 2 is 2.16 bits per heavy atom. The summed E-state index contributed by atoms with van der Waals surface area (Å²) in [7, 11) is 0. The van der Waals surface area contributed by atoms with Crippen molar-refractivity contribution in [1.29, 1.82) is 0 Å². The summed E-state index contributed by atoms with van der Waals surface area (Å²) >= 11 is 1.12. The maximum absolute atomic E-state index is 11.9. The summed E-state index contributed by atoms with van der Waals surface area (Å²) < 4.78 is 4.84. The van der Waals surface area contributed by atoms with Gasteiger partial charge in [-0.1, -0.05) is 6.42 Å². The molecule has 0 atom stereocenters. The van der Waals surface area contributed by atoms with Crippen LogP contribution in [0.25, 0.3) is 0 Å².